The van der Waals surface area contributed by atoms with Crippen LogP contribution >= 0.6 is 11.6 Å². The van der Waals surface area contributed by atoms with Crippen molar-refractivity contribution >= 4 is 11.6 Å². The maximum Gasteiger partial charge on any atom is 0.177 e. The third-order valence-corrected chi connectivity index (χ3v) is 3.12. The minimum absolute atomic E-state index is 0.0450. The summed E-state index contributed by atoms with van der Waals surface area (Å²) in [5.74, 6) is 0.961. The topological polar surface area (TPSA) is 41.5 Å². The summed E-state index contributed by atoms with van der Waals surface area (Å²) in [4.78, 5) is 0. The first kappa shape index (κ1) is 10.6. The standard InChI is InChI=1S/C11H14ClNO2/c1-15-11-8(7-4-5-13-6-7)2-3-9(12)10(11)14/h2-3,7,13-14H,4-6H2,1H3. The minimum atomic E-state index is 0.0450. The lowest BCUT2D eigenvalue weighted by atomic mass is 9.97. The number of phenols is 1. The molecule has 2 rings (SSSR count). The number of aromatic hydroxyl groups is 1. The molecule has 0 radical (unpaired) electrons. The van der Waals surface area contributed by atoms with Gasteiger partial charge in [-0.25, -0.2) is 0 Å². The van der Waals surface area contributed by atoms with E-state index in [1.54, 1.807) is 13.2 Å². The summed E-state index contributed by atoms with van der Waals surface area (Å²) >= 11 is 5.83. The van der Waals surface area contributed by atoms with E-state index in [0.29, 0.717) is 16.7 Å². The van der Waals surface area contributed by atoms with Crippen molar-refractivity contribution in [2.75, 3.05) is 20.2 Å². The predicted octanol–water partition coefficient (Wildman–Crippen LogP) is 2.13. The van der Waals surface area contributed by atoms with Gasteiger partial charge in [-0.05, 0) is 19.0 Å². The molecule has 2 N–H and O–H groups in total. The van der Waals surface area contributed by atoms with Crippen molar-refractivity contribution in [1.29, 1.82) is 0 Å². The number of benzene rings is 1. The van der Waals surface area contributed by atoms with E-state index in [1.807, 2.05) is 6.07 Å². The molecule has 4 heteroatoms. The highest BCUT2D eigenvalue weighted by Crippen LogP contribution is 2.41. The van der Waals surface area contributed by atoms with Crippen LogP contribution in [0.3, 0.4) is 0 Å². The van der Waals surface area contributed by atoms with Crippen molar-refractivity contribution in [1.82, 2.24) is 5.32 Å². The number of rotatable bonds is 2. The molecule has 82 valence electrons. The molecule has 3 nitrogen and oxygen atoms in total. The average Bonchev–Trinajstić information content (AvgIpc) is 2.75. The third-order valence-electron chi connectivity index (χ3n) is 2.82. The molecule has 0 amide bonds. The molecule has 1 saturated heterocycles. The van der Waals surface area contributed by atoms with Crippen molar-refractivity contribution in [3.05, 3.63) is 22.7 Å². The number of nitrogens with one attached hydrogen (secondary N) is 1. The fourth-order valence-electron chi connectivity index (χ4n) is 2.02. The molecular formula is C11H14ClNO2. The van der Waals surface area contributed by atoms with Crippen LogP contribution in [-0.4, -0.2) is 25.3 Å². The summed E-state index contributed by atoms with van der Waals surface area (Å²) in [6.07, 6.45) is 1.07. The van der Waals surface area contributed by atoms with Crippen molar-refractivity contribution < 1.29 is 9.84 Å². The summed E-state index contributed by atoms with van der Waals surface area (Å²) in [6.45, 7) is 1.94. The Bertz CT molecular complexity index is 362. The predicted molar refractivity (Wildman–Crippen MR) is 59.9 cm³/mol. The van der Waals surface area contributed by atoms with E-state index in [4.69, 9.17) is 16.3 Å². The van der Waals surface area contributed by atoms with Crippen molar-refractivity contribution in [2.45, 2.75) is 12.3 Å². The van der Waals surface area contributed by atoms with Gasteiger partial charge in [0.1, 0.15) is 0 Å². The molecule has 0 saturated carbocycles. The molecule has 1 fully saturated rings. The highest BCUT2D eigenvalue weighted by Gasteiger charge is 2.22. The van der Waals surface area contributed by atoms with Crippen molar-refractivity contribution in [3.8, 4) is 11.5 Å². The van der Waals surface area contributed by atoms with Gasteiger partial charge in [-0.2, -0.15) is 0 Å². The molecule has 1 aliphatic rings. The first-order chi connectivity index (χ1) is 7.24. The monoisotopic (exact) mass is 227 g/mol. The Morgan fingerprint density at radius 2 is 2.33 bits per heavy atom. The molecule has 1 aliphatic heterocycles. The van der Waals surface area contributed by atoms with Crippen molar-refractivity contribution in [2.24, 2.45) is 0 Å². The maximum absolute atomic E-state index is 9.76. The Balaban J connectivity index is 2.41. The Morgan fingerprint density at radius 3 is 2.93 bits per heavy atom. The second-order valence-electron chi connectivity index (χ2n) is 3.71. The van der Waals surface area contributed by atoms with Gasteiger partial charge in [0, 0.05) is 18.0 Å². The van der Waals surface area contributed by atoms with Gasteiger partial charge in [0.15, 0.2) is 11.5 Å². The quantitative estimate of drug-likeness (QED) is 0.814. The van der Waals surface area contributed by atoms with Crippen LogP contribution in [0.2, 0.25) is 5.02 Å². The van der Waals surface area contributed by atoms with Gasteiger partial charge < -0.3 is 15.2 Å². The number of hydrogen-bond acceptors (Lipinski definition) is 3. The molecule has 0 aliphatic carbocycles. The van der Waals surface area contributed by atoms with E-state index >= 15 is 0 Å². The zero-order chi connectivity index (χ0) is 10.8. The number of hydrogen-bond donors (Lipinski definition) is 2. The van der Waals surface area contributed by atoms with Crippen LogP contribution < -0.4 is 10.1 Å². The number of phenolic OH excluding ortho intramolecular Hbond substituents is 1. The summed E-state index contributed by atoms with van der Waals surface area (Å²) in [5, 5.41) is 13.4. The average molecular weight is 228 g/mol. The zero-order valence-corrected chi connectivity index (χ0v) is 9.34. The smallest absolute Gasteiger partial charge is 0.177 e. The van der Waals surface area contributed by atoms with Gasteiger partial charge in [-0.3, -0.25) is 0 Å². The Hall–Kier alpha value is -0.930. The second kappa shape index (κ2) is 4.29. The summed E-state index contributed by atoms with van der Waals surface area (Å²) < 4.78 is 5.21. The molecule has 15 heavy (non-hydrogen) atoms. The maximum atomic E-state index is 9.76. The van der Waals surface area contributed by atoms with Crippen LogP contribution in [0.1, 0.15) is 17.9 Å². The van der Waals surface area contributed by atoms with Crippen LogP contribution in [-0.2, 0) is 0 Å². The number of methoxy groups -OCH3 is 1. The zero-order valence-electron chi connectivity index (χ0n) is 8.59. The Labute approximate surface area is 94.0 Å². The van der Waals surface area contributed by atoms with Gasteiger partial charge in [0.2, 0.25) is 0 Å². The molecule has 0 spiro atoms. The largest absolute Gasteiger partial charge is 0.503 e. The van der Waals surface area contributed by atoms with Gasteiger partial charge in [0.25, 0.3) is 0 Å². The van der Waals surface area contributed by atoms with Crippen LogP contribution in [0.15, 0.2) is 12.1 Å². The molecule has 0 bridgehead atoms. The Kier molecular flexibility index (Phi) is 3.03. The first-order valence-corrected chi connectivity index (χ1v) is 5.38. The minimum Gasteiger partial charge on any atom is -0.503 e. The summed E-state index contributed by atoms with van der Waals surface area (Å²) in [5.41, 5.74) is 1.03. The lowest BCUT2D eigenvalue weighted by Crippen LogP contribution is -2.08. The Morgan fingerprint density at radius 1 is 1.53 bits per heavy atom. The molecule has 0 aromatic heterocycles. The van der Waals surface area contributed by atoms with E-state index in [0.717, 1.165) is 25.1 Å². The lowest BCUT2D eigenvalue weighted by molar-refractivity contribution is 0.367. The molecule has 1 heterocycles. The normalized spacial score (nSPS) is 20.5. The summed E-state index contributed by atoms with van der Waals surface area (Å²) in [6, 6.07) is 3.64. The van der Waals surface area contributed by atoms with Gasteiger partial charge in [-0.1, -0.05) is 17.7 Å². The van der Waals surface area contributed by atoms with Crippen molar-refractivity contribution in [3.63, 3.8) is 0 Å². The van der Waals surface area contributed by atoms with Gasteiger partial charge >= 0.3 is 0 Å². The first-order valence-electron chi connectivity index (χ1n) is 5.00. The fraction of sp³-hybridized carbons (Fsp3) is 0.455. The van der Waals surface area contributed by atoms with E-state index in [9.17, 15) is 5.11 Å². The van der Waals surface area contributed by atoms with Crippen LogP contribution in [0.25, 0.3) is 0 Å². The highest BCUT2D eigenvalue weighted by molar-refractivity contribution is 6.32. The molecular weight excluding hydrogens is 214 g/mol. The molecule has 1 aromatic carbocycles. The second-order valence-corrected chi connectivity index (χ2v) is 4.12. The van der Waals surface area contributed by atoms with Crippen LogP contribution in [0.5, 0.6) is 11.5 Å². The van der Waals surface area contributed by atoms with Crippen LogP contribution in [0, 0.1) is 0 Å². The number of halogens is 1. The fourth-order valence-corrected chi connectivity index (χ4v) is 2.17. The van der Waals surface area contributed by atoms with E-state index in [1.165, 1.54) is 0 Å². The highest BCUT2D eigenvalue weighted by atomic mass is 35.5. The van der Waals surface area contributed by atoms with E-state index in [2.05, 4.69) is 5.32 Å². The van der Waals surface area contributed by atoms with Crippen LogP contribution in [0.4, 0.5) is 0 Å². The van der Waals surface area contributed by atoms with E-state index in [-0.39, 0.29) is 5.75 Å². The SMILES string of the molecule is COc1c(C2CCNC2)ccc(Cl)c1O. The molecule has 1 unspecified atom stereocenters. The number of ether oxygens (including phenoxy) is 1. The van der Waals surface area contributed by atoms with Gasteiger partial charge in [-0.15, -0.1) is 0 Å². The molecule has 1 aromatic rings. The molecule has 1 atom stereocenters. The summed E-state index contributed by atoms with van der Waals surface area (Å²) in [7, 11) is 1.55. The third kappa shape index (κ3) is 1.90. The van der Waals surface area contributed by atoms with E-state index < -0.39 is 0 Å². The van der Waals surface area contributed by atoms with Gasteiger partial charge in [0.05, 0.1) is 12.1 Å². The lowest BCUT2D eigenvalue weighted by Gasteiger charge is -2.15.